The van der Waals surface area contributed by atoms with Crippen molar-refractivity contribution in [3.8, 4) is 5.69 Å². The number of hydrogen-bond donors (Lipinski definition) is 2. The first kappa shape index (κ1) is 21.8. The van der Waals surface area contributed by atoms with Gasteiger partial charge in [0.2, 0.25) is 5.95 Å². The summed E-state index contributed by atoms with van der Waals surface area (Å²) in [6.45, 7) is 2.00. The molecule has 36 heavy (non-hydrogen) atoms. The predicted octanol–water partition coefficient (Wildman–Crippen LogP) is 5.41. The quantitative estimate of drug-likeness (QED) is 0.341. The van der Waals surface area contributed by atoms with Crippen molar-refractivity contribution in [2.45, 2.75) is 12.8 Å². The Morgan fingerprint density at radius 2 is 1.50 bits per heavy atom. The van der Waals surface area contributed by atoms with E-state index in [1.807, 2.05) is 72.8 Å². The first-order chi connectivity index (χ1) is 17.7. The minimum Gasteiger partial charge on any atom is -0.357 e. The number of rotatable bonds is 6. The summed E-state index contributed by atoms with van der Waals surface area (Å²) in [5.41, 5.74) is 3.16. The smallest absolute Gasteiger partial charge is 0.258 e. The fourth-order valence-electron chi connectivity index (χ4n) is 4.45. The first-order valence-corrected chi connectivity index (χ1v) is 12.1. The summed E-state index contributed by atoms with van der Waals surface area (Å²) in [6.07, 6.45) is 2.34. The highest BCUT2D eigenvalue weighted by molar-refractivity contribution is 6.03. The minimum absolute atomic E-state index is 0.216. The zero-order valence-corrected chi connectivity index (χ0v) is 19.6. The van der Waals surface area contributed by atoms with Gasteiger partial charge in [-0.15, -0.1) is 5.10 Å². The van der Waals surface area contributed by atoms with Crippen LogP contribution in [0.25, 0.3) is 16.6 Å². The van der Waals surface area contributed by atoms with Crippen molar-refractivity contribution in [1.82, 2.24) is 19.7 Å². The number of aromatic nitrogens is 4. The SMILES string of the molecule is O=C(Nc1nc(Nc2cc(N3CCCC3)nc3ccccc23)n(-c2ccccc2)n1)c1ccccc1. The number of nitrogens with one attached hydrogen (secondary N) is 2. The molecule has 1 saturated heterocycles. The van der Waals surface area contributed by atoms with Crippen molar-refractivity contribution in [3.63, 3.8) is 0 Å². The van der Waals surface area contributed by atoms with E-state index in [4.69, 9.17) is 4.98 Å². The van der Waals surface area contributed by atoms with Crippen LogP contribution in [0.4, 0.5) is 23.4 Å². The topological polar surface area (TPSA) is 88.0 Å². The lowest BCUT2D eigenvalue weighted by molar-refractivity contribution is 0.102. The van der Waals surface area contributed by atoms with Gasteiger partial charge < -0.3 is 10.2 Å². The average Bonchev–Trinajstić information content (AvgIpc) is 3.60. The molecule has 1 amide bonds. The predicted molar refractivity (Wildman–Crippen MR) is 142 cm³/mol. The van der Waals surface area contributed by atoms with Crippen LogP contribution in [-0.2, 0) is 0 Å². The van der Waals surface area contributed by atoms with Gasteiger partial charge in [0.15, 0.2) is 0 Å². The summed E-state index contributed by atoms with van der Waals surface area (Å²) in [5, 5.41) is 11.9. The van der Waals surface area contributed by atoms with Crippen LogP contribution in [0, 0.1) is 0 Å². The third kappa shape index (κ3) is 4.36. The molecule has 3 aromatic carbocycles. The van der Waals surface area contributed by atoms with E-state index in [-0.39, 0.29) is 11.9 Å². The van der Waals surface area contributed by atoms with Crippen molar-refractivity contribution in [1.29, 1.82) is 0 Å². The van der Waals surface area contributed by atoms with Gasteiger partial charge in [0, 0.05) is 30.1 Å². The summed E-state index contributed by atoms with van der Waals surface area (Å²) >= 11 is 0. The summed E-state index contributed by atoms with van der Waals surface area (Å²) in [5.74, 6) is 1.39. The molecule has 0 aliphatic carbocycles. The van der Waals surface area contributed by atoms with Gasteiger partial charge in [-0.05, 0) is 43.2 Å². The van der Waals surface area contributed by atoms with Crippen molar-refractivity contribution < 1.29 is 4.79 Å². The molecule has 5 aromatic rings. The Hall–Kier alpha value is -4.72. The molecule has 3 heterocycles. The molecule has 8 heteroatoms. The minimum atomic E-state index is -0.266. The van der Waals surface area contributed by atoms with Gasteiger partial charge in [0.1, 0.15) is 5.82 Å². The molecule has 0 spiro atoms. The lowest BCUT2D eigenvalue weighted by Crippen LogP contribution is -2.19. The fraction of sp³-hybridized carbons (Fsp3) is 0.143. The fourth-order valence-corrected chi connectivity index (χ4v) is 4.45. The first-order valence-electron chi connectivity index (χ1n) is 12.1. The number of carbonyl (C=O) groups is 1. The van der Waals surface area contributed by atoms with Gasteiger partial charge in [-0.1, -0.05) is 54.6 Å². The average molecular weight is 476 g/mol. The summed E-state index contributed by atoms with van der Waals surface area (Å²) in [4.78, 5) is 24.6. The molecule has 2 N–H and O–H groups in total. The number of para-hydroxylation sites is 2. The molecule has 1 fully saturated rings. The van der Waals surface area contributed by atoms with Crippen LogP contribution < -0.4 is 15.5 Å². The van der Waals surface area contributed by atoms with Crippen LogP contribution in [0.5, 0.6) is 0 Å². The van der Waals surface area contributed by atoms with Crippen LogP contribution in [0.3, 0.4) is 0 Å². The van der Waals surface area contributed by atoms with Gasteiger partial charge >= 0.3 is 0 Å². The zero-order chi connectivity index (χ0) is 24.3. The lowest BCUT2D eigenvalue weighted by Gasteiger charge is -2.19. The summed E-state index contributed by atoms with van der Waals surface area (Å²) < 4.78 is 1.70. The van der Waals surface area contributed by atoms with Gasteiger partial charge in [0.05, 0.1) is 16.9 Å². The molecule has 1 aliphatic heterocycles. The number of anilines is 4. The summed E-state index contributed by atoms with van der Waals surface area (Å²) in [6, 6.07) is 28.9. The number of pyridine rings is 1. The Morgan fingerprint density at radius 1 is 0.806 bits per heavy atom. The zero-order valence-electron chi connectivity index (χ0n) is 19.6. The Labute approximate surface area is 208 Å². The Bertz CT molecular complexity index is 1510. The number of hydrogen-bond acceptors (Lipinski definition) is 6. The van der Waals surface area contributed by atoms with E-state index >= 15 is 0 Å². The Morgan fingerprint density at radius 3 is 2.28 bits per heavy atom. The third-order valence-corrected chi connectivity index (χ3v) is 6.25. The van der Waals surface area contributed by atoms with Crippen LogP contribution in [0.15, 0.2) is 91.0 Å². The second-order valence-corrected chi connectivity index (χ2v) is 8.69. The number of nitrogens with zero attached hydrogens (tertiary/aromatic N) is 5. The van der Waals surface area contributed by atoms with Crippen molar-refractivity contribution in [3.05, 3.63) is 96.6 Å². The van der Waals surface area contributed by atoms with E-state index in [1.54, 1.807) is 16.8 Å². The van der Waals surface area contributed by atoms with E-state index in [1.165, 1.54) is 12.8 Å². The molecule has 0 radical (unpaired) electrons. The highest BCUT2D eigenvalue weighted by Gasteiger charge is 2.19. The largest absolute Gasteiger partial charge is 0.357 e. The Balaban J connectivity index is 1.40. The highest BCUT2D eigenvalue weighted by Crippen LogP contribution is 2.31. The number of fused-ring (bicyclic) bond motifs is 1. The second-order valence-electron chi connectivity index (χ2n) is 8.69. The molecule has 0 unspecified atom stereocenters. The summed E-state index contributed by atoms with van der Waals surface area (Å²) in [7, 11) is 0. The van der Waals surface area contributed by atoms with Crippen molar-refractivity contribution in [2.24, 2.45) is 0 Å². The Kier molecular flexibility index (Phi) is 5.75. The van der Waals surface area contributed by atoms with Gasteiger partial charge in [-0.2, -0.15) is 9.67 Å². The van der Waals surface area contributed by atoms with Gasteiger partial charge in [0.25, 0.3) is 11.9 Å². The molecule has 6 rings (SSSR count). The van der Waals surface area contributed by atoms with Gasteiger partial charge in [-0.25, -0.2) is 4.98 Å². The van der Waals surface area contributed by atoms with Crippen LogP contribution in [-0.4, -0.2) is 38.7 Å². The monoisotopic (exact) mass is 475 g/mol. The van der Waals surface area contributed by atoms with Crippen molar-refractivity contribution in [2.75, 3.05) is 28.6 Å². The van der Waals surface area contributed by atoms with Crippen LogP contribution >= 0.6 is 0 Å². The van der Waals surface area contributed by atoms with E-state index < -0.39 is 0 Å². The normalized spacial score (nSPS) is 13.2. The molecule has 0 saturated carbocycles. The molecule has 1 aliphatic rings. The van der Waals surface area contributed by atoms with E-state index in [0.29, 0.717) is 11.5 Å². The number of amides is 1. The highest BCUT2D eigenvalue weighted by atomic mass is 16.1. The molecular weight excluding hydrogens is 450 g/mol. The maximum atomic E-state index is 12.8. The van der Waals surface area contributed by atoms with Crippen LogP contribution in [0.1, 0.15) is 23.2 Å². The van der Waals surface area contributed by atoms with Gasteiger partial charge in [-0.3, -0.25) is 10.1 Å². The van der Waals surface area contributed by atoms with Crippen LogP contribution in [0.2, 0.25) is 0 Å². The maximum Gasteiger partial charge on any atom is 0.258 e. The standard InChI is InChI=1S/C28H25N7O/c36-26(20-11-3-1-4-12-20)31-27-32-28(35(33-27)21-13-5-2-6-14-21)30-24-19-25(34-17-9-10-18-34)29-23-16-8-7-15-22(23)24/h1-8,11-16,19H,9-10,17-18H2,(H2,29,30,31,32,33,36). The van der Waals surface area contributed by atoms with E-state index in [2.05, 4.69) is 31.7 Å². The molecule has 2 aromatic heterocycles. The molecule has 0 bridgehead atoms. The maximum absolute atomic E-state index is 12.8. The third-order valence-electron chi connectivity index (χ3n) is 6.25. The molecule has 0 atom stereocenters. The molecular formula is C28H25N7O. The second kappa shape index (κ2) is 9.50. The lowest BCUT2D eigenvalue weighted by atomic mass is 10.2. The van der Waals surface area contributed by atoms with E-state index in [9.17, 15) is 4.79 Å². The van der Waals surface area contributed by atoms with E-state index in [0.717, 1.165) is 41.2 Å². The van der Waals surface area contributed by atoms with Crippen molar-refractivity contribution >= 4 is 40.2 Å². The number of carbonyl (C=O) groups excluding carboxylic acids is 1. The number of benzene rings is 3. The molecule has 178 valence electrons. The molecule has 8 nitrogen and oxygen atoms in total.